The van der Waals surface area contributed by atoms with Crippen molar-refractivity contribution in [3.8, 4) is 11.5 Å². The summed E-state index contributed by atoms with van der Waals surface area (Å²) in [6, 6.07) is 14.7. The van der Waals surface area contributed by atoms with E-state index in [1.807, 2.05) is 45.0 Å². The first-order valence-electron chi connectivity index (χ1n) is 8.08. The van der Waals surface area contributed by atoms with Gasteiger partial charge in [0.2, 0.25) is 0 Å². The van der Waals surface area contributed by atoms with E-state index in [-0.39, 0.29) is 5.75 Å². The number of benzene rings is 2. The van der Waals surface area contributed by atoms with Gasteiger partial charge in [0.05, 0.1) is 7.11 Å². The summed E-state index contributed by atoms with van der Waals surface area (Å²) in [5.41, 5.74) is 2.18. The van der Waals surface area contributed by atoms with Crippen molar-refractivity contribution in [2.75, 3.05) is 7.11 Å². The van der Waals surface area contributed by atoms with Crippen molar-refractivity contribution in [3.63, 3.8) is 0 Å². The number of hydrogen-bond donors (Lipinski definition) is 0. The van der Waals surface area contributed by atoms with Crippen LogP contribution in [0.15, 0.2) is 48.5 Å². The van der Waals surface area contributed by atoms with Gasteiger partial charge in [0.15, 0.2) is 0 Å². The van der Waals surface area contributed by atoms with Crippen molar-refractivity contribution in [2.45, 2.75) is 47.1 Å². The van der Waals surface area contributed by atoms with Gasteiger partial charge in [-0.25, -0.2) is 0 Å². The molecule has 4 heteroatoms. The van der Waals surface area contributed by atoms with Gasteiger partial charge in [0.1, 0.15) is 11.5 Å². The van der Waals surface area contributed by atoms with Crippen molar-refractivity contribution >= 4 is 0 Å². The first-order chi connectivity index (χ1) is 11.4. The van der Waals surface area contributed by atoms with Crippen LogP contribution in [0.5, 0.6) is 11.5 Å². The average molecular weight is 338 g/mol. The summed E-state index contributed by atoms with van der Waals surface area (Å²) in [4.78, 5) is 0. The third-order valence-corrected chi connectivity index (χ3v) is 2.98. The van der Waals surface area contributed by atoms with Gasteiger partial charge < -0.3 is 9.47 Å². The van der Waals surface area contributed by atoms with E-state index in [1.165, 1.54) is 11.6 Å². The number of alkyl halides is 2. The van der Waals surface area contributed by atoms with Gasteiger partial charge in [-0.3, -0.25) is 0 Å². The lowest BCUT2D eigenvalue weighted by Crippen LogP contribution is -2.01. The molecule has 0 aromatic heterocycles. The summed E-state index contributed by atoms with van der Waals surface area (Å²) >= 11 is 0. The van der Waals surface area contributed by atoms with Gasteiger partial charge in [-0.1, -0.05) is 58.0 Å². The molecule has 0 amide bonds. The van der Waals surface area contributed by atoms with E-state index in [4.69, 9.17) is 4.74 Å². The Morgan fingerprint density at radius 2 is 1.54 bits per heavy atom. The maximum atomic E-state index is 11.6. The molecule has 0 saturated carbocycles. The summed E-state index contributed by atoms with van der Waals surface area (Å²) in [6.07, 6.45) is 0. The van der Waals surface area contributed by atoms with Crippen LogP contribution in [-0.4, -0.2) is 13.7 Å². The quantitative estimate of drug-likeness (QED) is 0.638. The molecule has 0 aliphatic carbocycles. The fourth-order valence-corrected chi connectivity index (χ4v) is 1.93. The number of para-hydroxylation sites is 1. The molecule has 0 spiro atoms. The Hall–Kier alpha value is -2.10. The fourth-order valence-electron chi connectivity index (χ4n) is 1.93. The third kappa shape index (κ3) is 8.51. The van der Waals surface area contributed by atoms with Gasteiger partial charge in [-0.05, 0) is 42.2 Å². The molecular formula is C20H28F2O2. The van der Waals surface area contributed by atoms with Crippen LogP contribution in [-0.2, 0) is 0 Å². The Balaban J connectivity index is 0.000000400. The van der Waals surface area contributed by atoms with Gasteiger partial charge >= 0.3 is 6.61 Å². The lowest BCUT2D eigenvalue weighted by atomic mass is 10.0. The molecule has 0 unspecified atom stereocenters. The van der Waals surface area contributed by atoms with E-state index >= 15 is 0 Å². The van der Waals surface area contributed by atoms with Crippen LogP contribution in [0.3, 0.4) is 0 Å². The van der Waals surface area contributed by atoms with E-state index in [9.17, 15) is 8.78 Å². The second-order valence-corrected chi connectivity index (χ2v) is 5.09. The van der Waals surface area contributed by atoms with Gasteiger partial charge in [-0.2, -0.15) is 8.78 Å². The van der Waals surface area contributed by atoms with Crippen LogP contribution in [0.1, 0.15) is 44.7 Å². The molecule has 0 radical (unpaired) electrons. The number of rotatable bonds is 4. The monoisotopic (exact) mass is 338 g/mol. The van der Waals surface area contributed by atoms with Gasteiger partial charge in [0.25, 0.3) is 0 Å². The number of hydrogen-bond acceptors (Lipinski definition) is 2. The Bertz CT molecular complexity index is 569. The molecule has 0 heterocycles. The highest BCUT2D eigenvalue weighted by Gasteiger charge is 2.04. The Labute approximate surface area is 144 Å². The molecular weight excluding hydrogens is 310 g/mol. The van der Waals surface area contributed by atoms with Crippen LogP contribution in [0, 0.1) is 6.92 Å². The minimum atomic E-state index is -2.74. The second kappa shape index (κ2) is 12.3. The number of aryl methyl sites for hydroxylation is 1. The molecule has 134 valence electrons. The number of methoxy groups -OCH3 is 1. The molecule has 0 fully saturated rings. The maximum absolute atomic E-state index is 11.6. The van der Waals surface area contributed by atoms with Crippen molar-refractivity contribution in [1.29, 1.82) is 0 Å². The van der Waals surface area contributed by atoms with Crippen LogP contribution in [0.4, 0.5) is 8.78 Å². The van der Waals surface area contributed by atoms with Crippen molar-refractivity contribution < 1.29 is 18.3 Å². The van der Waals surface area contributed by atoms with E-state index in [2.05, 4.69) is 24.7 Å². The van der Waals surface area contributed by atoms with Crippen LogP contribution >= 0.6 is 0 Å². The Morgan fingerprint density at radius 3 is 2.00 bits per heavy atom. The summed E-state index contributed by atoms with van der Waals surface area (Å²) in [5, 5.41) is 0. The molecule has 0 aliphatic rings. The SMILES string of the molecule is CC.COc1ccccc1C(C)C.Cc1cccc(OC(F)F)c1. The van der Waals surface area contributed by atoms with Crippen molar-refractivity contribution in [3.05, 3.63) is 59.7 Å². The number of halogens is 2. The molecule has 0 N–H and O–H groups in total. The summed E-state index contributed by atoms with van der Waals surface area (Å²) < 4.78 is 32.6. The summed E-state index contributed by atoms with van der Waals surface area (Å²) in [7, 11) is 1.71. The topological polar surface area (TPSA) is 18.5 Å². The predicted molar refractivity (Wildman–Crippen MR) is 96.2 cm³/mol. The average Bonchev–Trinajstić information content (AvgIpc) is 2.56. The van der Waals surface area contributed by atoms with Gasteiger partial charge in [-0.15, -0.1) is 0 Å². The van der Waals surface area contributed by atoms with Crippen LogP contribution in [0.25, 0.3) is 0 Å². The Morgan fingerprint density at radius 1 is 0.917 bits per heavy atom. The van der Waals surface area contributed by atoms with Crippen LogP contribution < -0.4 is 9.47 Å². The minimum Gasteiger partial charge on any atom is -0.496 e. The highest BCUT2D eigenvalue weighted by Crippen LogP contribution is 2.24. The highest BCUT2D eigenvalue weighted by molar-refractivity contribution is 5.35. The fraction of sp³-hybridized carbons (Fsp3) is 0.400. The first kappa shape index (κ1) is 21.9. The molecule has 0 saturated heterocycles. The lowest BCUT2D eigenvalue weighted by molar-refractivity contribution is -0.0498. The Kier molecular flexibility index (Phi) is 11.3. The molecule has 2 nitrogen and oxygen atoms in total. The molecule has 0 bridgehead atoms. The predicted octanol–water partition coefficient (Wildman–Crippen LogP) is 6.44. The highest BCUT2D eigenvalue weighted by atomic mass is 19.3. The summed E-state index contributed by atoms with van der Waals surface area (Å²) in [6.45, 7) is 7.41. The maximum Gasteiger partial charge on any atom is 0.387 e. The van der Waals surface area contributed by atoms with E-state index in [1.54, 1.807) is 19.2 Å². The van der Waals surface area contributed by atoms with E-state index in [0.717, 1.165) is 11.3 Å². The largest absolute Gasteiger partial charge is 0.496 e. The zero-order chi connectivity index (χ0) is 18.5. The van der Waals surface area contributed by atoms with E-state index < -0.39 is 6.61 Å². The smallest absolute Gasteiger partial charge is 0.387 e. The van der Waals surface area contributed by atoms with Crippen molar-refractivity contribution in [2.24, 2.45) is 0 Å². The zero-order valence-corrected chi connectivity index (χ0v) is 15.3. The zero-order valence-electron chi connectivity index (χ0n) is 15.3. The molecule has 2 aromatic rings. The normalized spacial score (nSPS) is 9.58. The number of ether oxygens (including phenoxy) is 2. The molecule has 2 aromatic carbocycles. The third-order valence-electron chi connectivity index (χ3n) is 2.98. The van der Waals surface area contributed by atoms with E-state index in [0.29, 0.717) is 5.92 Å². The lowest BCUT2D eigenvalue weighted by Gasteiger charge is -2.10. The molecule has 24 heavy (non-hydrogen) atoms. The van der Waals surface area contributed by atoms with Crippen molar-refractivity contribution in [1.82, 2.24) is 0 Å². The van der Waals surface area contributed by atoms with Crippen LogP contribution in [0.2, 0.25) is 0 Å². The van der Waals surface area contributed by atoms with Gasteiger partial charge in [0, 0.05) is 0 Å². The molecule has 2 rings (SSSR count). The minimum absolute atomic E-state index is 0.208. The second-order valence-electron chi connectivity index (χ2n) is 5.09. The first-order valence-corrected chi connectivity index (χ1v) is 8.08. The molecule has 0 atom stereocenters. The summed E-state index contributed by atoms with van der Waals surface area (Å²) in [5.74, 6) is 1.73. The standard InChI is InChI=1S/C10H14O.C8H8F2O.C2H6/c1-8(2)9-6-4-5-7-10(9)11-3;1-6-3-2-4-7(5-6)11-8(9)10;1-2/h4-8H,1-3H3;2-5,8H,1H3;1-2H3. The molecule has 0 aliphatic heterocycles.